The fourth-order valence-electron chi connectivity index (χ4n) is 1.22. The molecule has 1 aromatic rings. The Kier molecular flexibility index (Phi) is 4.24. The van der Waals surface area contributed by atoms with Crippen LogP contribution in [0, 0.1) is 11.3 Å². The Labute approximate surface area is 105 Å². The Morgan fingerprint density at radius 2 is 2.24 bits per heavy atom. The molecule has 5 nitrogen and oxygen atoms in total. The van der Waals surface area contributed by atoms with E-state index in [9.17, 15) is 4.79 Å². The summed E-state index contributed by atoms with van der Waals surface area (Å²) in [5.74, 6) is 0.452. The molecule has 1 rings (SSSR count). The molecule has 0 saturated carbocycles. The van der Waals surface area contributed by atoms with Gasteiger partial charge in [-0.1, -0.05) is 12.8 Å². The van der Waals surface area contributed by atoms with Gasteiger partial charge in [0.15, 0.2) is 0 Å². The minimum Gasteiger partial charge on any atom is -0.489 e. The SMILES string of the molecule is CC(C)Oc1ccc(C#N)cc1N(S)C(N)=O. The average molecular weight is 251 g/mol. The second-order valence-corrected chi connectivity index (χ2v) is 4.01. The standard InChI is InChI=1S/C11H13N3O2S/c1-7(2)16-10-4-3-8(6-12)5-9(10)14(17)11(13)15/h3-5,7,17H,1-2H3,(H2,13,15). The first kappa shape index (κ1) is 13.2. The van der Waals surface area contributed by atoms with Gasteiger partial charge in [-0.25, -0.2) is 9.10 Å². The summed E-state index contributed by atoms with van der Waals surface area (Å²) in [6.07, 6.45) is -0.0590. The van der Waals surface area contributed by atoms with Gasteiger partial charge in [-0.05, 0) is 32.0 Å². The minimum atomic E-state index is -0.739. The normalized spacial score (nSPS) is 9.82. The molecule has 0 aliphatic rings. The van der Waals surface area contributed by atoms with Gasteiger partial charge in [0.05, 0.1) is 17.7 Å². The molecule has 0 radical (unpaired) electrons. The van der Waals surface area contributed by atoms with Crippen molar-refractivity contribution in [3.8, 4) is 11.8 Å². The fourth-order valence-corrected chi connectivity index (χ4v) is 1.38. The van der Waals surface area contributed by atoms with E-state index in [1.165, 1.54) is 6.07 Å². The molecule has 0 aliphatic heterocycles. The molecule has 1 aromatic carbocycles. The first-order valence-electron chi connectivity index (χ1n) is 4.95. The first-order valence-corrected chi connectivity index (χ1v) is 5.35. The molecule has 0 aromatic heterocycles. The largest absolute Gasteiger partial charge is 0.489 e. The third-order valence-corrected chi connectivity index (χ3v) is 2.30. The highest BCUT2D eigenvalue weighted by molar-refractivity contribution is 7.82. The van der Waals surface area contributed by atoms with E-state index < -0.39 is 6.03 Å². The lowest BCUT2D eigenvalue weighted by Crippen LogP contribution is -2.28. The lowest BCUT2D eigenvalue weighted by Gasteiger charge is -2.19. The summed E-state index contributed by atoms with van der Waals surface area (Å²) < 4.78 is 6.45. The number of ether oxygens (including phenoxy) is 1. The number of urea groups is 1. The number of primary amides is 1. The molecular formula is C11H13N3O2S. The summed E-state index contributed by atoms with van der Waals surface area (Å²) in [5.41, 5.74) is 5.89. The molecule has 0 fully saturated rings. The number of hydrogen-bond acceptors (Lipinski definition) is 4. The van der Waals surface area contributed by atoms with Gasteiger partial charge in [-0.15, -0.1) is 0 Å². The van der Waals surface area contributed by atoms with Crippen LogP contribution in [0.4, 0.5) is 10.5 Å². The molecule has 0 spiro atoms. The molecule has 17 heavy (non-hydrogen) atoms. The second kappa shape index (κ2) is 5.46. The lowest BCUT2D eigenvalue weighted by molar-refractivity contribution is 0.242. The highest BCUT2D eigenvalue weighted by Crippen LogP contribution is 2.31. The smallest absolute Gasteiger partial charge is 0.329 e. The Hall–Kier alpha value is -1.87. The summed E-state index contributed by atoms with van der Waals surface area (Å²) >= 11 is 3.96. The van der Waals surface area contributed by atoms with E-state index in [1.54, 1.807) is 12.1 Å². The molecule has 0 bridgehead atoms. The number of nitrogens with zero attached hydrogens (tertiary/aromatic N) is 2. The number of anilines is 1. The van der Waals surface area contributed by atoms with Crippen LogP contribution in [0.15, 0.2) is 18.2 Å². The second-order valence-electron chi connectivity index (χ2n) is 3.61. The van der Waals surface area contributed by atoms with E-state index in [0.29, 0.717) is 17.0 Å². The van der Waals surface area contributed by atoms with Gasteiger partial charge in [0, 0.05) is 0 Å². The van der Waals surface area contributed by atoms with Crippen LogP contribution in [-0.4, -0.2) is 12.1 Å². The molecule has 2 amide bonds. The number of carbonyl (C=O) groups excluding carboxylic acids is 1. The molecule has 6 heteroatoms. The Bertz CT molecular complexity index is 468. The van der Waals surface area contributed by atoms with E-state index in [0.717, 1.165) is 4.31 Å². The van der Waals surface area contributed by atoms with Crippen LogP contribution in [0.3, 0.4) is 0 Å². The van der Waals surface area contributed by atoms with Gasteiger partial charge >= 0.3 is 6.03 Å². The van der Waals surface area contributed by atoms with Crippen LogP contribution >= 0.6 is 12.8 Å². The predicted octanol–water partition coefficient (Wildman–Crippen LogP) is 2.08. The zero-order chi connectivity index (χ0) is 13.0. The quantitative estimate of drug-likeness (QED) is 0.807. The fraction of sp³-hybridized carbons (Fsp3) is 0.273. The van der Waals surface area contributed by atoms with Crippen LogP contribution < -0.4 is 14.8 Å². The molecule has 0 heterocycles. The zero-order valence-corrected chi connectivity index (χ0v) is 10.4. The number of nitrogens with two attached hydrogens (primary N) is 1. The van der Waals surface area contributed by atoms with Gasteiger partial charge in [-0.3, -0.25) is 0 Å². The van der Waals surface area contributed by atoms with Crippen molar-refractivity contribution in [2.24, 2.45) is 5.73 Å². The number of rotatable bonds is 3. The van der Waals surface area contributed by atoms with Crippen molar-refractivity contribution in [1.82, 2.24) is 0 Å². The monoisotopic (exact) mass is 251 g/mol. The van der Waals surface area contributed by atoms with Crippen molar-refractivity contribution in [2.75, 3.05) is 4.31 Å². The van der Waals surface area contributed by atoms with Crippen molar-refractivity contribution in [2.45, 2.75) is 20.0 Å². The van der Waals surface area contributed by atoms with Gasteiger partial charge in [0.25, 0.3) is 0 Å². The molecule has 0 aliphatic carbocycles. The summed E-state index contributed by atoms with van der Waals surface area (Å²) in [6.45, 7) is 3.71. The van der Waals surface area contributed by atoms with Crippen molar-refractivity contribution >= 4 is 24.5 Å². The van der Waals surface area contributed by atoms with Crippen LogP contribution in [0.5, 0.6) is 5.75 Å². The van der Waals surface area contributed by atoms with Crippen LogP contribution in [-0.2, 0) is 0 Å². The van der Waals surface area contributed by atoms with Crippen LogP contribution in [0.25, 0.3) is 0 Å². The van der Waals surface area contributed by atoms with E-state index >= 15 is 0 Å². The molecular weight excluding hydrogens is 238 g/mol. The van der Waals surface area contributed by atoms with Gasteiger partial charge in [0.1, 0.15) is 11.4 Å². The Balaban J connectivity index is 3.21. The van der Waals surface area contributed by atoms with E-state index in [-0.39, 0.29) is 6.10 Å². The third kappa shape index (κ3) is 3.29. The number of nitriles is 1. The summed E-state index contributed by atoms with van der Waals surface area (Å²) in [7, 11) is 0. The number of thiol groups is 1. The van der Waals surface area contributed by atoms with Crippen molar-refractivity contribution in [3.63, 3.8) is 0 Å². The van der Waals surface area contributed by atoms with Crippen molar-refractivity contribution < 1.29 is 9.53 Å². The highest BCUT2D eigenvalue weighted by atomic mass is 32.1. The number of carbonyl (C=O) groups is 1. The molecule has 0 saturated heterocycles. The van der Waals surface area contributed by atoms with Crippen LogP contribution in [0.1, 0.15) is 19.4 Å². The average Bonchev–Trinajstić information content (AvgIpc) is 2.27. The van der Waals surface area contributed by atoms with E-state index in [4.69, 9.17) is 15.7 Å². The number of benzene rings is 1. The topological polar surface area (TPSA) is 79.3 Å². The van der Waals surface area contributed by atoms with Crippen molar-refractivity contribution in [1.29, 1.82) is 5.26 Å². The van der Waals surface area contributed by atoms with Gasteiger partial charge < -0.3 is 10.5 Å². The molecule has 0 atom stereocenters. The minimum absolute atomic E-state index is 0.0590. The van der Waals surface area contributed by atoms with Crippen molar-refractivity contribution in [3.05, 3.63) is 23.8 Å². The van der Waals surface area contributed by atoms with Gasteiger partial charge in [0.2, 0.25) is 0 Å². The lowest BCUT2D eigenvalue weighted by atomic mass is 10.2. The molecule has 90 valence electrons. The van der Waals surface area contributed by atoms with E-state index in [1.807, 2.05) is 19.9 Å². The maximum atomic E-state index is 11.1. The van der Waals surface area contributed by atoms with E-state index in [2.05, 4.69) is 12.8 Å². The Morgan fingerprint density at radius 3 is 2.71 bits per heavy atom. The Morgan fingerprint density at radius 1 is 1.59 bits per heavy atom. The number of hydrogen-bond donors (Lipinski definition) is 2. The zero-order valence-electron chi connectivity index (χ0n) is 9.54. The predicted molar refractivity (Wildman–Crippen MR) is 68.0 cm³/mol. The maximum absolute atomic E-state index is 11.1. The summed E-state index contributed by atoms with van der Waals surface area (Å²) in [4.78, 5) is 11.1. The van der Waals surface area contributed by atoms with Crippen LogP contribution in [0.2, 0.25) is 0 Å². The highest BCUT2D eigenvalue weighted by Gasteiger charge is 2.15. The third-order valence-electron chi connectivity index (χ3n) is 1.89. The summed E-state index contributed by atoms with van der Waals surface area (Å²) in [5, 5.41) is 8.80. The molecule has 0 unspecified atom stereocenters. The molecule has 2 N–H and O–H groups in total. The number of amides is 2. The van der Waals surface area contributed by atoms with Gasteiger partial charge in [-0.2, -0.15) is 5.26 Å². The first-order chi connectivity index (χ1) is 7.95. The summed E-state index contributed by atoms with van der Waals surface area (Å²) in [6, 6.07) is 5.94. The maximum Gasteiger partial charge on any atom is 0.329 e.